The molecule has 164 valence electrons. The highest BCUT2D eigenvalue weighted by atomic mass is 32.3. The lowest BCUT2D eigenvalue weighted by molar-refractivity contribution is 0.204. The zero-order valence-corrected chi connectivity index (χ0v) is 18.9. The van der Waals surface area contributed by atoms with Gasteiger partial charge in [-0.2, -0.15) is 8.42 Å². The Morgan fingerprint density at radius 3 is 1.30 bits per heavy atom. The fraction of sp³-hybridized carbons (Fsp3) is 1.00. The lowest BCUT2D eigenvalue weighted by Gasteiger charge is -2.16. The summed E-state index contributed by atoms with van der Waals surface area (Å²) in [7, 11) is -4.32. The van der Waals surface area contributed by atoms with Crippen LogP contribution in [0.1, 0.15) is 129 Å². The Morgan fingerprint density at radius 1 is 0.630 bits per heavy atom. The second kappa shape index (κ2) is 19.2. The summed E-state index contributed by atoms with van der Waals surface area (Å²) in [6.45, 7) is 4.61. The largest absolute Gasteiger partial charge is 0.397 e. The number of unbranched alkanes of at least 4 members (excludes halogenated alkanes) is 14. The third-order valence-corrected chi connectivity index (χ3v) is 5.82. The maximum absolute atomic E-state index is 10.9. The topological polar surface area (TPSA) is 63.6 Å². The summed E-state index contributed by atoms with van der Waals surface area (Å²) in [5, 5.41) is 0. The molecule has 0 rings (SSSR count). The molecule has 0 saturated carbocycles. The molecule has 0 bridgehead atoms. The number of rotatable bonds is 21. The molecule has 0 heterocycles. The molecule has 27 heavy (non-hydrogen) atoms. The Bertz CT molecular complexity index is 375. The second-order valence-electron chi connectivity index (χ2n) is 8.11. The zero-order chi connectivity index (χ0) is 20.2. The van der Waals surface area contributed by atoms with E-state index >= 15 is 0 Å². The molecule has 0 fully saturated rings. The van der Waals surface area contributed by atoms with Gasteiger partial charge in [0.1, 0.15) is 0 Å². The van der Waals surface area contributed by atoms with Gasteiger partial charge in [0.15, 0.2) is 0 Å². The summed E-state index contributed by atoms with van der Waals surface area (Å²) in [4.78, 5) is 0. The van der Waals surface area contributed by atoms with Crippen LogP contribution in [-0.2, 0) is 14.6 Å². The molecular formula is C22H46O4S. The van der Waals surface area contributed by atoms with Crippen LogP contribution in [0.3, 0.4) is 0 Å². The van der Waals surface area contributed by atoms with Gasteiger partial charge in [-0.3, -0.25) is 4.55 Å². The Balaban J connectivity index is 3.84. The Kier molecular flexibility index (Phi) is 19.1. The van der Waals surface area contributed by atoms with Crippen LogP contribution in [0.25, 0.3) is 0 Å². The minimum atomic E-state index is -4.32. The Labute approximate surface area is 169 Å². The van der Waals surface area contributed by atoms with Crippen molar-refractivity contribution in [2.24, 2.45) is 5.92 Å². The Morgan fingerprint density at radius 2 is 0.963 bits per heavy atom. The van der Waals surface area contributed by atoms with Crippen molar-refractivity contribution in [2.75, 3.05) is 6.61 Å². The molecule has 0 aliphatic heterocycles. The summed E-state index contributed by atoms with van der Waals surface area (Å²) in [6, 6.07) is 0. The van der Waals surface area contributed by atoms with E-state index in [1.165, 1.54) is 89.9 Å². The van der Waals surface area contributed by atoms with Crippen molar-refractivity contribution < 1.29 is 17.2 Å². The monoisotopic (exact) mass is 406 g/mol. The fourth-order valence-corrected chi connectivity index (χ4v) is 3.99. The molecule has 4 nitrogen and oxygen atoms in total. The van der Waals surface area contributed by atoms with Gasteiger partial charge in [0.05, 0.1) is 6.61 Å². The van der Waals surface area contributed by atoms with Gasteiger partial charge in [-0.1, -0.05) is 117 Å². The molecule has 0 aromatic heterocycles. The average Bonchev–Trinajstić information content (AvgIpc) is 2.62. The highest BCUT2D eigenvalue weighted by molar-refractivity contribution is 7.80. The van der Waals surface area contributed by atoms with E-state index in [4.69, 9.17) is 4.55 Å². The molecule has 0 saturated heterocycles. The maximum Gasteiger partial charge on any atom is 0.397 e. The predicted molar refractivity (Wildman–Crippen MR) is 115 cm³/mol. The normalized spacial score (nSPS) is 12.1. The van der Waals surface area contributed by atoms with Crippen LogP contribution in [-0.4, -0.2) is 19.6 Å². The maximum atomic E-state index is 10.9. The van der Waals surface area contributed by atoms with E-state index in [2.05, 4.69) is 18.0 Å². The van der Waals surface area contributed by atoms with Crippen molar-refractivity contribution in [1.82, 2.24) is 0 Å². The van der Waals surface area contributed by atoms with Crippen molar-refractivity contribution in [3.8, 4) is 0 Å². The van der Waals surface area contributed by atoms with Gasteiger partial charge < -0.3 is 0 Å². The molecule has 5 heteroatoms. The first-order valence-electron chi connectivity index (χ1n) is 11.6. The first-order valence-corrected chi connectivity index (χ1v) is 13.0. The number of hydrogen-bond donors (Lipinski definition) is 1. The smallest absolute Gasteiger partial charge is 0.264 e. The van der Waals surface area contributed by atoms with Crippen LogP contribution in [0.5, 0.6) is 0 Å². The van der Waals surface area contributed by atoms with Gasteiger partial charge in [0, 0.05) is 0 Å². The van der Waals surface area contributed by atoms with E-state index in [0.29, 0.717) is 0 Å². The van der Waals surface area contributed by atoms with Crippen molar-refractivity contribution >= 4 is 10.4 Å². The Hall–Kier alpha value is -0.130. The predicted octanol–water partition coefficient (Wildman–Crippen LogP) is 7.48. The van der Waals surface area contributed by atoms with Gasteiger partial charge in [-0.15, -0.1) is 0 Å². The lowest BCUT2D eigenvalue weighted by Crippen LogP contribution is -2.14. The minimum absolute atomic E-state index is 0.131. The molecule has 0 unspecified atom stereocenters. The van der Waals surface area contributed by atoms with Crippen molar-refractivity contribution in [2.45, 2.75) is 129 Å². The van der Waals surface area contributed by atoms with Crippen LogP contribution in [0.2, 0.25) is 0 Å². The molecule has 0 amide bonds. The van der Waals surface area contributed by atoms with Gasteiger partial charge >= 0.3 is 10.4 Å². The summed E-state index contributed by atoms with van der Waals surface area (Å²) in [5.74, 6) is 0.243. The summed E-state index contributed by atoms with van der Waals surface area (Å²) < 4.78 is 35.2. The molecule has 0 spiro atoms. The van der Waals surface area contributed by atoms with E-state index < -0.39 is 10.4 Å². The van der Waals surface area contributed by atoms with E-state index in [9.17, 15) is 8.42 Å². The molecule has 0 aliphatic rings. The third kappa shape index (κ3) is 22.0. The van der Waals surface area contributed by atoms with Crippen LogP contribution >= 0.6 is 0 Å². The highest BCUT2D eigenvalue weighted by Crippen LogP contribution is 2.20. The molecule has 0 atom stereocenters. The fourth-order valence-electron chi connectivity index (χ4n) is 3.63. The highest BCUT2D eigenvalue weighted by Gasteiger charge is 2.13. The van der Waals surface area contributed by atoms with E-state index in [-0.39, 0.29) is 12.5 Å². The molecule has 0 aliphatic carbocycles. The van der Waals surface area contributed by atoms with E-state index in [0.717, 1.165) is 25.7 Å². The van der Waals surface area contributed by atoms with Crippen LogP contribution in [0.15, 0.2) is 0 Å². The third-order valence-electron chi connectivity index (χ3n) is 5.38. The standard InChI is InChI=1S/C22H46O4S/c1-3-5-7-9-11-13-15-17-19-22(21-26-27(23,24)25)20-18-16-14-12-10-8-6-4-2/h22H,3-21H2,1-2H3,(H,23,24,25). The number of hydrogen-bond acceptors (Lipinski definition) is 3. The minimum Gasteiger partial charge on any atom is -0.264 e. The van der Waals surface area contributed by atoms with Crippen LogP contribution in [0.4, 0.5) is 0 Å². The second-order valence-corrected chi connectivity index (χ2v) is 9.20. The van der Waals surface area contributed by atoms with Crippen LogP contribution < -0.4 is 0 Å². The first kappa shape index (κ1) is 26.9. The molecular weight excluding hydrogens is 360 g/mol. The summed E-state index contributed by atoms with van der Waals surface area (Å²) in [5.41, 5.74) is 0. The van der Waals surface area contributed by atoms with Gasteiger partial charge in [0.2, 0.25) is 0 Å². The van der Waals surface area contributed by atoms with Crippen LogP contribution in [0, 0.1) is 5.92 Å². The van der Waals surface area contributed by atoms with Crippen molar-refractivity contribution in [3.63, 3.8) is 0 Å². The quantitative estimate of drug-likeness (QED) is 0.158. The van der Waals surface area contributed by atoms with Gasteiger partial charge in [0.25, 0.3) is 0 Å². The summed E-state index contributed by atoms with van der Waals surface area (Å²) in [6.07, 6.45) is 22.5. The summed E-state index contributed by atoms with van der Waals surface area (Å²) >= 11 is 0. The molecule has 1 N–H and O–H groups in total. The molecule has 0 aromatic carbocycles. The van der Waals surface area contributed by atoms with Gasteiger partial charge in [-0.05, 0) is 18.8 Å². The molecule has 0 radical (unpaired) electrons. The van der Waals surface area contributed by atoms with Crippen molar-refractivity contribution in [3.05, 3.63) is 0 Å². The molecule has 0 aromatic rings. The first-order chi connectivity index (χ1) is 13.0. The average molecular weight is 407 g/mol. The lowest BCUT2D eigenvalue weighted by atomic mass is 9.94. The van der Waals surface area contributed by atoms with Crippen molar-refractivity contribution in [1.29, 1.82) is 0 Å². The SMILES string of the molecule is CCCCCCCCCCC(CCCCCCCCCC)COS(=O)(=O)O. The zero-order valence-electron chi connectivity index (χ0n) is 18.1. The van der Waals surface area contributed by atoms with E-state index in [1.54, 1.807) is 0 Å². The van der Waals surface area contributed by atoms with Gasteiger partial charge in [-0.25, -0.2) is 4.18 Å². The van der Waals surface area contributed by atoms with E-state index in [1.807, 2.05) is 0 Å².